The number of hydrogen-bond donors (Lipinski definition) is 2. The molecule has 1 atom stereocenters. The van der Waals surface area contributed by atoms with Gasteiger partial charge >= 0.3 is 0 Å². The third-order valence-corrected chi connectivity index (χ3v) is 3.98. The normalized spacial score (nSPS) is 19.1. The van der Waals surface area contributed by atoms with Gasteiger partial charge in [0.25, 0.3) is 0 Å². The van der Waals surface area contributed by atoms with Gasteiger partial charge in [-0.25, -0.2) is 0 Å². The third-order valence-electron chi connectivity index (χ3n) is 3.98. The maximum absolute atomic E-state index is 11.8. The Labute approximate surface area is 106 Å². The highest BCUT2D eigenvalue weighted by atomic mass is 16.1. The Morgan fingerprint density at radius 2 is 2.06 bits per heavy atom. The quantitative estimate of drug-likeness (QED) is 0.684. The van der Waals surface area contributed by atoms with E-state index in [0.717, 1.165) is 13.0 Å². The first-order valence-corrected chi connectivity index (χ1v) is 6.98. The van der Waals surface area contributed by atoms with E-state index in [1.807, 2.05) is 0 Å². The number of nitrogens with two attached hydrogens (primary N) is 1. The fraction of sp³-hybridized carbons (Fsp3) is 0.929. The van der Waals surface area contributed by atoms with Gasteiger partial charge in [0.2, 0.25) is 5.91 Å². The predicted molar refractivity (Wildman–Crippen MR) is 71.6 cm³/mol. The average Bonchev–Trinajstić information content (AvgIpc) is 3.05. The third kappa shape index (κ3) is 5.07. The molecule has 0 aromatic carbocycles. The van der Waals surface area contributed by atoms with Crippen LogP contribution in [-0.2, 0) is 4.79 Å². The number of hydrogen-bond acceptors (Lipinski definition) is 2. The lowest BCUT2D eigenvalue weighted by atomic mass is 9.94. The second-order valence-corrected chi connectivity index (χ2v) is 6.07. The van der Waals surface area contributed by atoms with E-state index in [9.17, 15) is 4.79 Å². The van der Waals surface area contributed by atoms with Crippen LogP contribution in [0.15, 0.2) is 0 Å². The van der Waals surface area contributed by atoms with Crippen molar-refractivity contribution >= 4 is 5.91 Å². The topological polar surface area (TPSA) is 55.1 Å². The minimum atomic E-state index is 0.181. The number of carbonyl (C=O) groups is 1. The van der Waals surface area contributed by atoms with E-state index in [1.165, 1.54) is 19.3 Å². The lowest BCUT2D eigenvalue weighted by molar-refractivity contribution is -0.122. The van der Waals surface area contributed by atoms with E-state index in [1.54, 1.807) is 0 Å². The molecule has 0 aromatic rings. The molecule has 1 aliphatic carbocycles. The molecule has 1 saturated carbocycles. The molecular weight excluding hydrogens is 212 g/mol. The molecule has 0 heterocycles. The second-order valence-electron chi connectivity index (χ2n) is 6.07. The van der Waals surface area contributed by atoms with Crippen molar-refractivity contribution in [2.24, 2.45) is 23.0 Å². The highest BCUT2D eigenvalue weighted by Crippen LogP contribution is 2.47. The van der Waals surface area contributed by atoms with Gasteiger partial charge in [-0.2, -0.15) is 0 Å². The molecule has 0 saturated heterocycles. The summed E-state index contributed by atoms with van der Waals surface area (Å²) in [6.45, 7) is 8.04. The fourth-order valence-electron chi connectivity index (χ4n) is 2.38. The Morgan fingerprint density at radius 1 is 1.41 bits per heavy atom. The first-order chi connectivity index (χ1) is 8.01. The zero-order valence-corrected chi connectivity index (χ0v) is 11.6. The van der Waals surface area contributed by atoms with Gasteiger partial charge < -0.3 is 11.1 Å². The van der Waals surface area contributed by atoms with Crippen LogP contribution < -0.4 is 11.1 Å². The molecule has 100 valence electrons. The van der Waals surface area contributed by atoms with Crippen molar-refractivity contribution in [2.75, 3.05) is 13.1 Å². The van der Waals surface area contributed by atoms with Crippen LogP contribution in [0.4, 0.5) is 0 Å². The molecule has 0 unspecified atom stereocenters. The summed E-state index contributed by atoms with van der Waals surface area (Å²) in [6.07, 6.45) is 5.36. The Morgan fingerprint density at radius 3 is 2.47 bits per heavy atom. The maximum Gasteiger partial charge on any atom is 0.220 e. The number of amides is 1. The average molecular weight is 240 g/mol. The summed E-state index contributed by atoms with van der Waals surface area (Å²) in [7, 11) is 0. The number of nitrogens with one attached hydrogen (secondary N) is 1. The molecule has 3 N–H and O–H groups in total. The van der Waals surface area contributed by atoms with E-state index >= 15 is 0 Å². The summed E-state index contributed by atoms with van der Waals surface area (Å²) >= 11 is 0. The minimum absolute atomic E-state index is 0.181. The molecule has 1 rings (SSSR count). The molecule has 0 radical (unpaired) electrons. The predicted octanol–water partition coefficient (Wildman–Crippen LogP) is 2.30. The van der Waals surface area contributed by atoms with E-state index in [2.05, 4.69) is 26.1 Å². The minimum Gasteiger partial charge on any atom is -0.356 e. The van der Waals surface area contributed by atoms with Gasteiger partial charge in [-0.3, -0.25) is 4.79 Å². The Balaban J connectivity index is 2.23. The molecule has 0 spiro atoms. The largest absolute Gasteiger partial charge is 0.356 e. The molecule has 1 fully saturated rings. The van der Waals surface area contributed by atoms with Crippen LogP contribution in [0.1, 0.15) is 52.9 Å². The molecule has 1 aliphatic rings. The standard InChI is InChI=1S/C14H28N2O/c1-4-14(5-6-14)10-16-13(17)8-12(9-15)7-11(2)3/h11-12H,4-10,15H2,1-3H3,(H,16,17)/t12-/m0/s1. The molecule has 0 bridgehead atoms. The first-order valence-electron chi connectivity index (χ1n) is 6.98. The van der Waals surface area contributed by atoms with Crippen molar-refractivity contribution in [2.45, 2.75) is 52.9 Å². The summed E-state index contributed by atoms with van der Waals surface area (Å²) < 4.78 is 0. The number of rotatable bonds is 8. The van der Waals surface area contributed by atoms with Crippen molar-refractivity contribution < 1.29 is 4.79 Å². The maximum atomic E-state index is 11.8. The molecular formula is C14H28N2O. The summed E-state index contributed by atoms with van der Waals surface area (Å²) in [5.74, 6) is 1.13. The van der Waals surface area contributed by atoms with Gasteiger partial charge in [-0.15, -0.1) is 0 Å². The Kier molecular flexibility index (Phi) is 5.44. The van der Waals surface area contributed by atoms with Crippen LogP contribution in [0.5, 0.6) is 0 Å². The monoisotopic (exact) mass is 240 g/mol. The van der Waals surface area contributed by atoms with Gasteiger partial charge in [-0.1, -0.05) is 20.8 Å². The summed E-state index contributed by atoms with van der Waals surface area (Å²) in [4.78, 5) is 11.8. The van der Waals surface area contributed by atoms with Gasteiger partial charge in [0.15, 0.2) is 0 Å². The smallest absolute Gasteiger partial charge is 0.220 e. The highest BCUT2D eigenvalue weighted by Gasteiger charge is 2.40. The van der Waals surface area contributed by atoms with Crippen LogP contribution in [-0.4, -0.2) is 19.0 Å². The van der Waals surface area contributed by atoms with Crippen molar-refractivity contribution in [3.8, 4) is 0 Å². The summed E-state index contributed by atoms with van der Waals surface area (Å²) in [5, 5.41) is 3.08. The fourth-order valence-corrected chi connectivity index (χ4v) is 2.38. The van der Waals surface area contributed by atoms with E-state index < -0.39 is 0 Å². The van der Waals surface area contributed by atoms with Gasteiger partial charge in [-0.05, 0) is 49.5 Å². The van der Waals surface area contributed by atoms with Crippen molar-refractivity contribution in [3.63, 3.8) is 0 Å². The Bertz CT molecular complexity index is 247. The molecule has 17 heavy (non-hydrogen) atoms. The summed E-state index contributed by atoms with van der Waals surface area (Å²) in [6, 6.07) is 0. The van der Waals surface area contributed by atoms with E-state index in [-0.39, 0.29) is 5.91 Å². The SMILES string of the molecule is CCC1(CNC(=O)C[C@@H](CN)CC(C)C)CC1. The molecule has 1 amide bonds. The van der Waals surface area contributed by atoms with Crippen LogP contribution in [0, 0.1) is 17.3 Å². The second kappa shape index (κ2) is 6.39. The Hall–Kier alpha value is -0.570. The molecule has 3 heteroatoms. The molecule has 0 aromatic heterocycles. The van der Waals surface area contributed by atoms with Crippen molar-refractivity contribution in [1.29, 1.82) is 0 Å². The van der Waals surface area contributed by atoms with Gasteiger partial charge in [0, 0.05) is 13.0 Å². The van der Waals surface area contributed by atoms with E-state index in [4.69, 9.17) is 5.73 Å². The van der Waals surface area contributed by atoms with Crippen LogP contribution >= 0.6 is 0 Å². The van der Waals surface area contributed by atoms with Gasteiger partial charge in [0.1, 0.15) is 0 Å². The lowest BCUT2D eigenvalue weighted by Crippen LogP contribution is -2.33. The van der Waals surface area contributed by atoms with Crippen LogP contribution in [0.3, 0.4) is 0 Å². The molecule has 3 nitrogen and oxygen atoms in total. The first kappa shape index (κ1) is 14.5. The van der Waals surface area contributed by atoms with Crippen molar-refractivity contribution in [1.82, 2.24) is 5.32 Å². The highest BCUT2D eigenvalue weighted by molar-refractivity contribution is 5.76. The van der Waals surface area contributed by atoms with Crippen LogP contribution in [0.25, 0.3) is 0 Å². The zero-order valence-electron chi connectivity index (χ0n) is 11.6. The van der Waals surface area contributed by atoms with Crippen LogP contribution in [0.2, 0.25) is 0 Å². The van der Waals surface area contributed by atoms with Crippen molar-refractivity contribution in [3.05, 3.63) is 0 Å². The zero-order chi connectivity index (χ0) is 12.9. The lowest BCUT2D eigenvalue weighted by Gasteiger charge is -2.18. The van der Waals surface area contributed by atoms with E-state index in [0.29, 0.717) is 30.2 Å². The summed E-state index contributed by atoms with van der Waals surface area (Å²) in [5.41, 5.74) is 6.15. The number of carbonyl (C=O) groups excluding carboxylic acids is 1. The molecule has 0 aliphatic heterocycles. The van der Waals surface area contributed by atoms with Gasteiger partial charge in [0.05, 0.1) is 0 Å².